The smallest absolute Gasteiger partial charge is 0.165 e. The molecule has 6 nitrogen and oxygen atoms in total. The zero-order chi connectivity index (χ0) is 29.5. The number of halogens is 1. The second-order valence-electron chi connectivity index (χ2n) is 11.7. The van der Waals surface area contributed by atoms with Crippen LogP contribution in [-0.4, -0.2) is 60.7 Å². The first-order chi connectivity index (χ1) is 20.4. The Kier molecular flexibility index (Phi) is 10.6. The maximum atomic E-state index is 14.6. The standard InChI is InChI=1S/C35H44FNO5/c1-24(27-17-18-35(40-2)32(36)19-27)37(20-28(38)22-41-33-15-7-11-25-9-3-5-13-30(25)33)21-29(39)23-42-34-16-8-12-26-10-4-6-14-31(26)34/h3-6,9-10,13-14,17-19,24,28-29,33-34,38-39H,7-8,11-12,15-16,20-23H2,1-2H3/t24-,28-,29+,33+,34+/m0/s1. The van der Waals surface area contributed by atoms with E-state index in [-0.39, 0.29) is 50.3 Å². The average Bonchev–Trinajstić information content (AvgIpc) is 3.02. The van der Waals surface area contributed by atoms with E-state index in [9.17, 15) is 14.6 Å². The Labute approximate surface area is 249 Å². The summed E-state index contributed by atoms with van der Waals surface area (Å²) in [6.45, 7) is 2.81. The summed E-state index contributed by atoms with van der Waals surface area (Å²) in [5, 5.41) is 22.2. The van der Waals surface area contributed by atoms with Crippen LogP contribution in [0.25, 0.3) is 0 Å². The number of hydrogen-bond donors (Lipinski definition) is 2. The van der Waals surface area contributed by atoms with Crippen LogP contribution in [0.4, 0.5) is 4.39 Å². The highest BCUT2D eigenvalue weighted by Gasteiger charge is 2.27. The van der Waals surface area contributed by atoms with E-state index in [2.05, 4.69) is 36.4 Å². The van der Waals surface area contributed by atoms with E-state index < -0.39 is 18.0 Å². The first-order valence-electron chi connectivity index (χ1n) is 15.2. The van der Waals surface area contributed by atoms with Crippen LogP contribution in [0.1, 0.15) is 78.7 Å². The van der Waals surface area contributed by atoms with Crippen molar-refractivity contribution >= 4 is 0 Å². The van der Waals surface area contributed by atoms with Gasteiger partial charge >= 0.3 is 0 Å². The van der Waals surface area contributed by atoms with Crippen LogP contribution in [0.2, 0.25) is 0 Å². The third kappa shape index (κ3) is 7.57. The van der Waals surface area contributed by atoms with Crippen molar-refractivity contribution in [1.29, 1.82) is 0 Å². The van der Waals surface area contributed by atoms with Crippen molar-refractivity contribution in [3.8, 4) is 5.75 Å². The quantitative estimate of drug-likeness (QED) is 0.256. The van der Waals surface area contributed by atoms with Gasteiger partial charge in [0.2, 0.25) is 0 Å². The lowest BCUT2D eigenvalue weighted by molar-refractivity contribution is -0.0524. The number of ether oxygens (including phenoxy) is 3. The monoisotopic (exact) mass is 577 g/mol. The molecule has 0 radical (unpaired) electrons. The summed E-state index contributed by atoms with van der Waals surface area (Å²) in [6, 6.07) is 21.3. The van der Waals surface area contributed by atoms with Gasteiger partial charge < -0.3 is 24.4 Å². The molecule has 0 bridgehead atoms. The summed E-state index contributed by atoms with van der Waals surface area (Å²) < 4.78 is 32.2. The fraction of sp³-hybridized carbons (Fsp3) is 0.486. The highest BCUT2D eigenvalue weighted by Crippen LogP contribution is 2.34. The second-order valence-corrected chi connectivity index (χ2v) is 11.7. The number of methoxy groups -OCH3 is 1. The molecular formula is C35H44FNO5. The average molecular weight is 578 g/mol. The molecule has 5 rings (SSSR count). The fourth-order valence-electron chi connectivity index (χ4n) is 6.41. The molecule has 0 amide bonds. The van der Waals surface area contributed by atoms with Crippen LogP contribution in [0.15, 0.2) is 66.7 Å². The number of rotatable bonds is 13. The maximum absolute atomic E-state index is 14.6. The summed E-state index contributed by atoms with van der Waals surface area (Å²) in [5.74, 6) is -0.263. The third-order valence-electron chi connectivity index (χ3n) is 8.70. The predicted octanol–water partition coefficient (Wildman–Crippen LogP) is 6.11. The van der Waals surface area contributed by atoms with Gasteiger partial charge in [-0.05, 0) is 85.4 Å². The Morgan fingerprint density at radius 2 is 1.33 bits per heavy atom. The third-order valence-corrected chi connectivity index (χ3v) is 8.70. The molecule has 42 heavy (non-hydrogen) atoms. The van der Waals surface area contributed by atoms with E-state index >= 15 is 0 Å². The summed E-state index contributed by atoms with van der Waals surface area (Å²) in [5.41, 5.74) is 5.75. The first kappa shape index (κ1) is 30.6. The SMILES string of the molecule is COc1ccc([C@H](C)N(C[C@H](O)CO[C@@H]2CCCc3ccccc32)C[C@@H](O)CO[C@@H]2CCCc3ccccc32)cc1F. The molecule has 2 N–H and O–H groups in total. The number of aliphatic hydroxyl groups is 2. The Hall–Kier alpha value is -2.81. The van der Waals surface area contributed by atoms with Gasteiger partial charge in [0.05, 0.1) is 44.7 Å². The van der Waals surface area contributed by atoms with Gasteiger partial charge in [-0.1, -0.05) is 54.6 Å². The predicted molar refractivity (Wildman–Crippen MR) is 161 cm³/mol. The molecule has 226 valence electrons. The minimum Gasteiger partial charge on any atom is -0.494 e. The van der Waals surface area contributed by atoms with E-state index in [4.69, 9.17) is 14.2 Å². The van der Waals surface area contributed by atoms with E-state index in [1.54, 1.807) is 6.07 Å². The highest BCUT2D eigenvalue weighted by atomic mass is 19.1. The first-order valence-corrected chi connectivity index (χ1v) is 15.2. The van der Waals surface area contributed by atoms with Crippen LogP contribution in [0.3, 0.4) is 0 Å². The van der Waals surface area contributed by atoms with Crippen LogP contribution in [0, 0.1) is 5.82 Å². The molecule has 0 saturated carbocycles. The van der Waals surface area contributed by atoms with E-state index in [1.165, 1.54) is 35.4 Å². The van der Waals surface area contributed by atoms with Gasteiger partial charge in [0.1, 0.15) is 0 Å². The normalized spacial score (nSPS) is 20.4. The summed E-state index contributed by atoms with van der Waals surface area (Å²) in [4.78, 5) is 1.98. The lowest BCUT2D eigenvalue weighted by atomic mass is 9.89. The van der Waals surface area contributed by atoms with Crippen LogP contribution < -0.4 is 4.74 Å². The van der Waals surface area contributed by atoms with E-state index in [1.807, 2.05) is 30.0 Å². The number of nitrogens with zero attached hydrogens (tertiary/aromatic N) is 1. The Bertz CT molecular complexity index is 1230. The molecule has 0 heterocycles. The van der Waals surface area contributed by atoms with E-state index in [0.29, 0.717) is 0 Å². The van der Waals surface area contributed by atoms with Gasteiger partial charge in [-0.3, -0.25) is 4.90 Å². The maximum Gasteiger partial charge on any atom is 0.165 e. The molecular weight excluding hydrogens is 533 g/mol. The molecule has 0 aliphatic heterocycles. The summed E-state index contributed by atoms with van der Waals surface area (Å²) in [7, 11) is 1.44. The molecule has 0 spiro atoms. The summed E-state index contributed by atoms with van der Waals surface area (Å²) >= 11 is 0. The van der Waals surface area contributed by atoms with Gasteiger partial charge in [0.15, 0.2) is 11.6 Å². The van der Waals surface area contributed by atoms with Gasteiger partial charge in [-0.2, -0.15) is 0 Å². The van der Waals surface area contributed by atoms with Gasteiger partial charge in [0.25, 0.3) is 0 Å². The largest absolute Gasteiger partial charge is 0.494 e. The summed E-state index contributed by atoms with van der Waals surface area (Å²) in [6.07, 6.45) is 4.41. The number of benzene rings is 3. The van der Waals surface area contributed by atoms with Gasteiger partial charge in [-0.15, -0.1) is 0 Å². The van der Waals surface area contributed by atoms with Crippen molar-refractivity contribution in [3.63, 3.8) is 0 Å². The molecule has 0 aromatic heterocycles. The van der Waals surface area contributed by atoms with Crippen molar-refractivity contribution in [3.05, 3.63) is 100 Å². The van der Waals surface area contributed by atoms with E-state index in [0.717, 1.165) is 44.1 Å². The molecule has 0 unspecified atom stereocenters. The van der Waals surface area contributed by atoms with Gasteiger partial charge in [-0.25, -0.2) is 4.39 Å². The Morgan fingerprint density at radius 3 is 1.83 bits per heavy atom. The molecule has 5 atom stereocenters. The second kappa shape index (κ2) is 14.6. The minimum atomic E-state index is -0.789. The van der Waals surface area contributed by atoms with Crippen molar-refractivity contribution in [2.24, 2.45) is 0 Å². The highest BCUT2D eigenvalue weighted by molar-refractivity contribution is 5.33. The molecule has 7 heteroatoms. The minimum absolute atomic E-state index is 0.0384. The van der Waals surface area contributed by atoms with Crippen LogP contribution in [0.5, 0.6) is 5.75 Å². The lowest BCUT2D eigenvalue weighted by Crippen LogP contribution is -2.42. The Morgan fingerprint density at radius 1 is 0.810 bits per heavy atom. The van der Waals surface area contributed by atoms with Crippen LogP contribution in [-0.2, 0) is 22.3 Å². The van der Waals surface area contributed by atoms with Crippen LogP contribution >= 0.6 is 0 Å². The van der Waals surface area contributed by atoms with Crippen molar-refractivity contribution in [2.75, 3.05) is 33.4 Å². The zero-order valence-electron chi connectivity index (χ0n) is 24.8. The number of aryl methyl sites for hydroxylation is 2. The molecule has 0 fully saturated rings. The lowest BCUT2D eigenvalue weighted by Gasteiger charge is -2.34. The molecule has 2 aliphatic carbocycles. The number of fused-ring (bicyclic) bond motifs is 2. The molecule has 0 saturated heterocycles. The molecule has 3 aromatic rings. The zero-order valence-corrected chi connectivity index (χ0v) is 24.8. The fourth-order valence-corrected chi connectivity index (χ4v) is 6.41. The Balaban J connectivity index is 1.24. The van der Waals surface area contributed by atoms with Gasteiger partial charge in [0, 0.05) is 19.1 Å². The van der Waals surface area contributed by atoms with Crippen molar-refractivity contribution < 1.29 is 28.8 Å². The molecule has 2 aliphatic rings. The number of hydrogen-bond acceptors (Lipinski definition) is 6. The van der Waals surface area contributed by atoms with Crippen molar-refractivity contribution in [1.82, 2.24) is 4.90 Å². The molecule has 3 aromatic carbocycles. The number of aliphatic hydroxyl groups excluding tert-OH is 2. The van der Waals surface area contributed by atoms with Crippen molar-refractivity contribution in [2.45, 2.75) is 75.9 Å². The topological polar surface area (TPSA) is 71.4 Å².